The van der Waals surface area contributed by atoms with Crippen LogP contribution in [0.15, 0.2) is 10.9 Å². The number of nitrogens with zero attached hydrogens (tertiary/aromatic N) is 3. The van der Waals surface area contributed by atoms with Crippen LogP contribution in [0.5, 0.6) is 0 Å². The second-order valence-electron chi connectivity index (χ2n) is 5.07. The van der Waals surface area contributed by atoms with E-state index in [1.54, 1.807) is 14.1 Å². The number of hydrogen-bond donors (Lipinski definition) is 1. The highest BCUT2D eigenvalue weighted by atomic mass is 16.2. The zero-order valence-corrected chi connectivity index (χ0v) is 11.6. The third kappa shape index (κ3) is 3.33. The van der Waals surface area contributed by atoms with E-state index in [9.17, 15) is 9.59 Å². The normalized spacial score (nSPS) is 14.3. The van der Waals surface area contributed by atoms with E-state index in [-0.39, 0.29) is 18.0 Å². The van der Waals surface area contributed by atoms with Crippen LogP contribution in [0.25, 0.3) is 0 Å². The van der Waals surface area contributed by atoms with Gasteiger partial charge < -0.3 is 14.8 Å². The minimum absolute atomic E-state index is 0.00287. The molecule has 0 aromatic carbocycles. The van der Waals surface area contributed by atoms with E-state index in [0.717, 1.165) is 18.7 Å². The van der Waals surface area contributed by atoms with E-state index >= 15 is 0 Å². The van der Waals surface area contributed by atoms with E-state index in [1.807, 2.05) is 11.8 Å². The van der Waals surface area contributed by atoms with Gasteiger partial charge in [-0.1, -0.05) is 0 Å². The molecule has 1 N–H and O–H groups in total. The number of aromatic nitrogens is 2. The quantitative estimate of drug-likeness (QED) is 0.843. The van der Waals surface area contributed by atoms with Gasteiger partial charge >= 0.3 is 0 Å². The fourth-order valence-electron chi connectivity index (χ4n) is 1.83. The molecule has 0 bridgehead atoms. The first-order chi connectivity index (χ1) is 9.01. The fraction of sp³-hybridized carbons (Fsp3) is 0.615. The summed E-state index contributed by atoms with van der Waals surface area (Å²) in [5, 5.41) is 0. The summed E-state index contributed by atoms with van der Waals surface area (Å²) >= 11 is 0. The van der Waals surface area contributed by atoms with Crippen molar-refractivity contribution in [1.82, 2.24) is 14.9 Å². The summed E-state index contributed by atoms with van der Waals surface area (Å²) < 4.78 is 0. The van der Waals surface area contributed by atoms with Crippen LogP contribution in [-0.2, 0) is 4.79 Å². The minimum Gasteiger partial charge on any atom is -0.347 e. The predicted molar refractivity (Wildman–Crippen MR) is 73.4 cm³/mol. The van der Waals surface area contributed by atoms with E-state index < -0.39 is 0 Å². The lowest BCUT2D eigenvalue weighted by atomic mass is 10.3. The van der Waals surface area contributed by atoms with Crippen LogP contribution >= 0.6 is 0 Å². The number of H-pyrrole nitrogens is 1. The number of amides is 1. The van der Waals surface area contributed by atoms with Gasteiger partial charge in [0.15, 0.2) is 0 Å². The molecule has 0 spiro atoms. The van der Waals surface area contributed by atoms with Gasteiger partial charge in [0.1, 0.15) is 11.6 Å². The molecule has 19 heavy (non-hydrogen) atoms. The lowest BCUT2D eigenvalue weighted by molar-refractivity contribution is -0.127. The Morgan fingerprint density at radius 2 is 2.16 bits per heavy atom. The Morgan fingerprint density at radius 3 is 2.68 bits per heavy atom. The van der Waals surface area contributed by atoms with Crippen molar-refractivity contribution in [2.24, 2.45) is 0 Å². The van der Waals surface area contributed by atoms with Crippen LogP contribution in [0.3, 0.4) is 0 Å². The summed E-state index contributed by atoms with van der Waals surface area (Å²) in [5.41, 5.74) is -0.150. The van der Waals surface area contributed by atoms with Gasteiger partial charge in [-0.05, 0) is 19.8 Å². The molecule has 1 heterocycles. The molecule has 1 fully saturated rings. The molecule has 2 rings (SSSR count). The molecule has 1 aliphatic rings. The van der Waals surface area contributed by atoms with E-state index in [4.69, 9.17) is 0 Å². The summed E-state index contributed by atoms with van der Waals surface area (Å²) in [6.07, 6.45) is 2.16. The Morgan fingerprint density at radius 1 is 1.47 bits per heavy atom. The average Bonchev–Trinajstić information content (AvgIpc) is 3.18. The average molecular weight is 264 g/mol. The Hall–Kier alpha value is -1.85. The van der Waals surface area contributed by atoms with Crippen LogP contribution in [0.2, 0.25) is 0 Å². The third-order valence-corrected chi connectivity index (χ3v) is 3.24. The molecular formula is C13H20N4O2. The van der Waals surface area contributed by atoms with Crippen LogP contribution in [0, 0.1) is 0 Å². The number of carbonyl (C=O) groups excluding carboxylic acids is 1. The summed E-state index contributed by atoms with van der Waals surface area (Å²) in [7, 11) is 3.44. The molecule has 0 radical (unpaired) electrons. The molecule has 0 unspecified atom stereocenters. The Labute approximate surface area is 112 Å². The lowest BCUT2D eigenvalue weighted by Crippen LogP contribution is -2.37. The van der Waals surface area contributed by atoms with Crippen molar-refractivity contribution in [2.75, 3.05) is 32.1 Å². The van der Waals surface area contributed by atoms with Gasteiger partial charge in [0.05, 0.1) is 6.54 Å². The smallest absolute Gasteiger partial charge is 0.252 e. The van der Waals surface area contributed by atoms with Gasteiger partial charge in [0.2, 0.25) is 5.91 Å². The molecule has 1 aromatic rings. The van der Waals surface area contributed by atoms with Gasteiger partial charge in [-0.3, -0.25) is 9.59 Å². The summed E-state index contributed by atoms with van der Waals surface area (Å²) in [6.45, 7) is 2.83. The van der Waals surface area contributed by atoms with Crippen molar-refractivity contribution in [3.63, 3.8) is 0 Å². The summed E-state index contributed by atoms with van der Waals surface area (Å²) in [4.78, 5) is 34.1. The van der Waals surface area contributed by atoms with Gasteiger partial charge in [0.25, 0.3) is 5.56 Å². The molecule has 6 nitrogen and oxygen atoms in total. The molecule has 1 aromatic heterocycles. The monoisotopic (exact) mass is 264 g/mol. The Kier molecular flexibility index (Phi) is 3.87. The molecule has 1 amide bonds. The highest BCUT2D eigenvalue weighted by Crippen LogP contribution is 2.37. The molecule has 0 saturated heterocycles. The maximum Gasteiger partial charge on any atom is 0.252 e. The number of aromatic amines is 1. The standard InChI is InChI=1S/C13H20N4O2/c1-4-17(8-12(19)16(2)3)10-7-11(18)15-13(14-10)9-5-6-9/h7,9H,4-6,8H2,1-3H3,(H,14,15,18). The van der Waals surface area contributed by atoms with Crippen molar-refractivity contribution in [3.05, 3.63) is 22.2 Å². The molecular weight excluding hydrogens is 244 g/mol. The molecule has 0 aliphatic heterocycles. The summed E-state index contributed by atoms with van der Waals surface area (Å²) in [5.74, 6) is 1.72. The van der Waals surface area contributed by atoms with Crippen molar-refractivity contribution >= 4 is 11.7 Å². The Bertz CT molecular complexity index is 520. The lowest BCUT2D eigenvalue weighted by Gasteiger charge is -2.23. The van der Waals surface area contributed by atoms with Gasteiger partial charge in [-0.2, -0.15) is 0 Å². The number of carbonyl (C=O) groups is 1. The van der Waals surface area contributed by atoms with Crippen molar-refractivity contribution in [3.8, 4) is 0 Å². The van der Waals surface area contributed by atoms with Crippen LogP contribution < -0.4 is 10.5 Å². The van der Waals surface area contributed by atoms with Gasteiger partial charge in [-0.25, -0.2) is 4.98 Å². The van der Waals surface area contributed by atoms with Crippen LogP contribution in [0.1, 0.15) is 31.5 Å². The topological polar surface area (TPSA) is 69.3 Å². The SMILES string of the molecule is CCN(CC(=O)N(C)C)c1cc(=O)[nH]c(C2CC2)n1. The second-order valence-corrected chi connectivity index (χ2v) is 5.07. The maximum absolute atomic E-state index is 11.8. The molecule has 6 heteroatoms. The van der Waals surface area contributed by atoms with Crippen LogP contribution in [-0.4, -0.2) is 48.0 Å². The number of rotatable bonds is 5. The molecule has 0 atom stereocenters. The minimum atomic E-state index is -0.150. The summed E-state index contributed by atoms with van der Waals surface area (Å²) in [6, 6.07) is 1.46. The zero-order chi connectivity index (χ0) is 14.0. The number of likely N-dealkylation sites (N-methyl/N-ethyl adjacent to an activating group) is 2. The molecule has 1 saturated carbocycles. The first-order valence-electron chi connectivity index (χ1n) is 6.57. The maximum atomic E-state index is 11.8. The molecule has 1 aliphatic carbocycles. The number of nitrogens with one attached hydrogen (secondary N) is 1. The predicted octanol–water partition coefficient (Wildman–Crippen LogP) is 0.562. The van der Waals surface area contributed by atoms with Gasteiger partial charge in [0, 0.05) is 32.6 Å². The fourth-order valence-corrected chi connectivity index (χ4v) is 1.83. The second kappa shape index (κ2) is 5.42. The van der Waals surface area contributed by atoms with Crippen molar-refractivity contribution in [2.45, 2.75) is 25.7 Å². The highest BCUT2D eigenvalue weighted by molar-refractivity contribution is 5.80. The van der Waals surface area contributed by atoms with E-state index in [1.165, 1.54) is 11.0 Å². The van der Waals surface area contributed by atoms with Gasteiger partial charge in [-0.15, -0.1) is 0 Å². The van der Waals surface area contributed by atoms with E-state index in [2.05, 4.69) is 9.97 Å². The van der Waals surface area contributed by atoms with Crippen molar-refractivity contribution in [1.29, 1.82) is 0 Å². The molecule has 104 valence electrons. The largest absolute Gasteiger partial charge is 0.347 e. The van der Waals surface area contributed by atoms with E-state index in [0.29, 0.717) is 18.3 Å². The first kappa shape index (κ1) is 13.6. The first-order valence-corrected chi connectivity index (χ1v) is 6.57. The number of anilines is 1. The zero-order valence-electron chi connectivity index (χ0n) is 11.6. The number of hydrogen-bond acceptors (Lipinski definition) is 4. The highest BCUT2D eigenvalue weighted by Gasteiger charge is 2.27. The van der Waals surface area contributed by atoms with Crippen LogP contribution in [0.4, 0.5) is 5.82 Å². The Balaban J connectivity index is 2.22. The van der Waals surface area contributed by atoms with Crippen molar-refractivity contribution < 1.29 is 4.79 Å². The third-order valence-electron chi connectivity index (χ3n) is 3.24.